The van der Waals surface area contributed by atoms with Crippen LogP contribution in [-0.2, 0) is 0 Å². The van der Waals surface area contributed by atoms with E-state index in [0.717, 1.165) is 5.02 Å². The minimum atomic E-state index is 0.369. The standard InChI is InChI=1S/C17H27ClN2/c1-13(12-17-6-4-3-5-11-19-17)20-14(2)15-7-9-16(18)10-8-15/h7-10,13-14,17,19-20H,3-6,11-12H2,1-2H3/t13?,14-,17?/m1/s1. The zero-order valence-electron chi connectivity index (χ0n) is 12.7. The lowest BCUT2D eigenvalue weighted by molar-refractivity contribution is 0.380. The fourth-order valence-corrected chi connectivity index (χ4v) is 3.20. The van der Waals surface area contributed by atoms with Gasteiger partial charge in [-0.15, -0.1) is 0 Å². The first-order valence-electron chi connectivity index (χ1n) is 7.90. The highest BCUT2D eigenvalue weighted by Gasteiger charge is 2.16. The van der Waals surface area contributed by atoms with Gasteiger partial charge in [-0.3, -0.25) is 0 Å². The zero-order chi connectivity index (χ0) is 14.4. The summed E-state index contributed by atoms with van der Waals surface area (Å²) in [6, 6.07) is 9.72. The molecular formula is C17H27ClN2. The first-order chi connectivity index (χ1) is 9.65. The molecule has 20 heavy (non-hydrogen) atoms. The molecule has 0 amide bonds. The van der Waals surface area contributed by atoms with Crippen LogP contribution in [0.25, 0.3) is 0 Å². The zero-order valence-corrected chi connectivity index (χ0v) is 13.4. The molecular weight excluding hydrogens is 268 g/mol. The highest BCUT2D eigenvalue weighted by Crippen LogP contribution is 2.18. The van der Waals surface area contributed by atoms with Gasteiger partial charge in [-0.2, -0.15) is 0 Å². The molecule has 0 aromatic heterocycles. The third kappa shape index (κ3) is 5.08. The summed E-state index contributed by atoms with van der Waals surface area (Å²) in [6.07, 6.45) is 6.61. The second kappa shape index (κ2) is 8.02. The number of halogens is 1. The molecule has 0 saturated carbocycles. The van der Waals surface area contributed by atoms with E-state index in [9.17, 15) is 0 Å². The van der Waals surface area contributed by atoms with E-state index in [1.807, 2.05) is 12.1 Å². The minimum absolute atomic E-state index is 0.369. The van der Waals surface area contributed by atoms with Crippen LogP contribution < -0.4 is 10.6 Å². The molecule has 0 spiro atoms. The van der Waals surface area contributed by atoms with Crippen LogP contribution in [0.4, 0.5) is 0 Å². The Morgan fingerprint density at radius 3 is 2.70 bits per heavy atom. The summed E-state index contributed by atoms with van der Waals surface area (Å²) >= 11 is 5.94. The van der Waals surface area contributed by atoms with Gasteiger partial charge in [-0.1, -0.05) is 36.6 Å². The second-order valence-electron chi connectivity index (χ2n) is 6.08. The molecule has 1 aromatic carbocycles. The van der Waals surface area contributed by atoms with E-state index in [1.54, 1.807) is 0 Å². The van der Waals surface area contributed by atoms with E-state index in [-0.39, 0.29) is 0 Å². The van der Waals surface area contributed by atoms with Gasteiger partial charge in [-0.25, -0.2) is 0 Å². The molecule has 1 saturated heterocycles. The number of benzene rings is 1. The Hall–Kier alpha value is -0.570. The molecule has 3 heteroatoms. The van der Waals surface area contributed by atoms with Gasteiger partial charge in [-0.05, 0) is 57.4 Å². The third-order valence-electron chi connectivity index (χ3n) is 4.20. The van der Waals surface area contributed by atoms with Crippen molar-refractivity contribution < 1.29 is 0 Å². The summed E-state index contributed by atoms with van der Waals surface area (Å²) in [5.74, 6) is 0. The Morgan fingerprint density at radius 1 is 1.20 bits per heavy atom. The van der Waals surface area contributed by atoms with Crippen molar-refractivity contribution in [2.45, 2.75) is 64.1 Å². The van der Waals surface area contributed by atoms with Gasteiger partial charge < -0.3 is 10.6 Å². The maximum Gasteiger partial charge on any atom is 0.0406 e. The molecule has 1 fully saturated rings. The lowest BCUT2D eigenvalue weighted by Gasteiger charge is -2.25. The van der Waals surface area contributed by atoms with Crippen molar-refractivity contribution in [2.75, 3.05) is 6.54 Å². The largest absolute Gasteiger partial charge is 0.314 e. The van der Waals surface area contributed by atoms with Crippen molar-refractivity contribution in [3.8, 4) is 0 Å². The normalized spacial score (nSPS) is 23.1. The van der Waals surface area contributed by atoms with Crippen molar-refractivity contribution in [1.29, 1.82) is 0 Å². The van der Waals surface area contributed by atoms with Gasteiger partial charge >= 0.3 is 0 Å². The number of hydrogen-bond donors (Lipinski definition) is 2. The Balaban J connectivity index is 1.80. The number of nitrogens with one attached hydrogen (secondary N) is 2. The molecule has 0 bridgehead atoms. The van der Waals surface area contributed by atoms with Gasteiger partial charge in [0.1, 0.15) is 0 Å². The van der Waals surface area contributed by atoms with Crippen molar-refractivity contribution in [1.82, 2.24) is 10.6 Å². The van der Waals surface area contributed by atoms with Crippen LogP contribution >= 0.6 is 11.6 Å². The molecule has 0 radical (unpaired) electrons. The molecule has 1 heterocycles. The van der Waals surface area contributed by atoms with Crippen molar-refractivity contribution in [3.05, 3.63) is 34.9 Å². The van der Waals surface area contributed by atoms with E-state index in [4.69, 9.17) is 11.6 Å². The highest BCUT2D eigenvalue weighted by atomic mass is 35.5. The van der Waals surface area contributed by atoms with E-state index in [2.05, 4.69) is 36.6 Å². The van der Waals surface area contributed by atoms with Crippen LogP contribution in [0.5, 0.6) is 0 Å². The molecule has 0 aliphatic carbocycles. The number of hydrogen-bond acceptors (Lipinski definition) is 2. The van der Waals surface area contributed by atoms with Crippen molar-refractivity contribution in [2.24, 2.45) is 0 Å². The highest BCUT2D eigenvalue weighted by molar-refractivity contribution is 6.30. The summed E-state index contributed by atoms with van der Waals surface area (Å²) in [5.41, 5.74) is 1.30. The Bertz CT molecular complexity index is 382. The van der Waals surface area contributed by atoms with E-state index < -0.39 is 0 Å². The predicted molar refractivity (Wildman–Crippen MR) is 87.3 cm³/mol. The monoisotopic (exact) mass is 294 g/mol. The lowest BCUT2D eigenvalue weighted by atomic mass is 10.0. The smallest absolute Gasteiger partial charge is 0.0406 e. The first-order valence-corrected chi connectivity index (χ1v) is 8.28. The predicted octanol–water partition coefficient (Wildman–Crippen LogP) is 4.30. The van der Waals surface area contributed by atoms with Crippen molar-refractivity contribution >= 4 is 11.6 Å². The molecule has 3 atom stereocenters. The van der Waals surface area contributed by atoms with Crippen LogP contribution in [0, 0.1) is 0 Å². The SMILES string of the molecule is CC(CC1CCCCCN1)N[C@H](C)c1ccc(Cl)cc1. The van der Waals surface area contributed by atoms with Gasteiger partial charge in [0, 0.05) is 23.1 Å². The molecule has 2 nitrogen and oxygen atoms in total. The van der Waals surface area contributed by atoms with Gasteiger partial charge in [0.25, 0.3) is 0 Å². The van der Waals surface area contributed by atoms with Gasteiger partial charge in [0.05, 0.1) is 0 Å². The van der Waals surface area contributed by atoms with E-state index in [0.29, 0.717) is 18.1 Å². The Kier molecular flexibility index (Phi) is 6.34. The van der Waals surface area contributed by atoms with Crippen LogP contribution in [0.15, 0.2) is 24.3 Å². The molecule has 1 aliphatic heterocycles. The summed E-state index contributed by atoms with van der Waals surface area (Å²) in [5, 5.41) is 8.18. The Labute approximate surface area is 128 Å². The number of rotatable bonds is 5. The van der Waals surface area contributed by atoms with Crippen molar-refractivity contribution in [3.63, 3.8) is 0 Å². The molecule has 2 N–H and O–H groups in total. The fraction of sp³-hybridized carbons (Fsp3) is 0.647. The molecule has 2 rings (SSSR count). The quantitative estimate of drug-likeness (QED) is 0.846. The maximum absolute atomic E-state index is 5.94. The fourth-order valence-electron chi connectivity index (χ4n) is 3.07. The van der Waals surface area contributed by atoms with Gasteiger partial charge in [0.2, 0.25) is 0 Å². The first kappa shape index (κ1) is 15.8. The van der Waals surface area contributed by atoms with Crippen LogP contribution in [0.1, 0.15) is 57.6 Å². The van der Waals surface area contributed by atoms with Crippen LogP contribution in [-0.4, -0.2) is 18.6 Å². The maximum atomic E-state index is 5.94. The second-order valence-corrected chi connectivity index (χ2v) is 6.51. The van der Waals surface area contributed by atoms with Crippen LogP contribution in [0.3, 0.4) is 0 Å². The van der Waals surface area contributed by atoms with Gasteiger partial charge in [0.15, 0.2) is 0 Å². The Morgan fingerprint density at radius 2 is 1.95 bits per heavy atom. The van der Waals surface area contributed by atoms with E-state index >= 15 is 0 Å². The summed E-state index contributed by atoms with van der Waals surface area (Å²) in [6.45, 7) is 5.70. The molecule has 1 aliphatic rings. The average Bonchev–Trinajstić information content (AvgIpc) is 2.68. The summed E-state index contributed by atoms with van der Waals surface area (Å²) in [7, 11) is 0. The molecule has 1 aromatic rings. The lowest BCUT2D eigenvalue weighted by Crippen LogP contribution is -2.37. The van der Waals surface area contributed by atoms with Crippen LogP contribution in [0.2, 0.25) is 5.02 Å². The third-order valence-corrected chi connectivity index (χ3v) is 4.46. The molecule has 112 valence electrons. The topological polar surface area (TPSA) is 24.1 Å². The summed E-state index contributed by atoms with van der Waals surface area (Å²) < 4.78 is 0. The minimum Gasteiger partial charge on any atom is -0.314 e. The molecule has 2 unspecified atom stereocenters. The van der Waals surface area contributed by atoms with E-state index in [1.165, 1.54) is 44.2 Å². The average molecular weight is 295 g/mol. The summed E-state index contributed by atoms with van der Waals surface area (Å²) in [4.78, 5) is 0.